The second-order valence-electron chi connectivity index (χ2n) is 10.3. The Hall–Kier alpha value is -1.44. The molecule has 3 aliphatic heterocycles. The van der Waals surface area contributed by atoms with Gasteiger partial charge in [-0.2, -0.15) is 0 Å². The number of piperidine rings is 1. The highest BCUT2D eigenvalue weighted by atomic mass is 32.2. The third-order valence-corrected chi connectivity index (χ3v) is 7.77. The maximum atomic E-state index is 13.3. The highest BCUT2D eigenvalue weighted by Gasteiger charge is 2.53. The van der Waals surface area contributed by atoms with E-state index in [1.165, 1.54) is 0 Å². The number of fused-ring (bicyclic) bond motifs is 1. The van der Waals surface area contributed by atoms with Gasteiger partial charge in [-0.25, -0.2) is 4.79 Å². The van der Waals surface area contributed by atoms with Gasteiger partial charge >= 0.3 is 6.09 Å². The van der Waals surface area contributed by atoms with Crippen LogP contribution in [-0.2, 0) is 14.3 Å². The van der Waals surface area contributed by atoms with Crippen molar-refractivity contribution < 1.29 is 19.1 Å². The molecule has 3 unspecified atom stereocenters. The molecule has 3 saturated heterocycles. The molecule has 3 fully saturated rings. The molecule has 8 heteroatoms. The number of amides is 3. The summed E-state index contributed by atoms with van der Waals surface area (Å²) in [5, 5.41) is 0. The Kier molecular flexibility index (Phi) is 6.65. The Bertz CT molecular complexity index is 692. The van der Waals surface area contributed by atoms with Crippen molar-refractivity contribution >= 4 is 29.7 Å². The minimum Gasteiger partial charge on any atom is -0.444 e. The fourth-order valence-electron chi connectivity index (χ4n) is 4.72. The standard InChI is InChI=1S/C22H37N3O4S/c1-15(2)24(20(28)29-21(3,4)5)13-16-8-7-11-23(12-16)19(27)17-14-30-22(6)10-9-18(26)25(17)22/h15-17H,7-14H2,1-6H3. The van der Waals surface area contributed by atoms with Gasteiger partial charge in [-0.15, -0.1) is 11.8 Å². The molecule has 3 heterocycles. The van der Waals surface area contributed by atoms with Crippen LogP contribution in [0.25, 0.3) is 0 Å². The zero-order valence-electron chi connectivity index (χ0n) is 19.3. The van der Waals surface area contributed by atoms with Crippen LogP contribution in [0.15, 0.2) is 0 Å². The molecular weight excluding hydrogens is 402 g/mol. The second kappa shape index (κ2) is 8.60. The molecule has 0 aromatic heterocycles. The number of hydrogen-bond acceptors (Lipinski definition) is 5. The van der Waals surface area contributed by atoms with Gasteiger partial charge in [0, 0.05) is 37.8 Å². The van der Waals surface area contributed by atoms with E-state index < -0.39 is 5.60 Å². The zero-order chi connectivity index (χ0) is 22.3. The number of thioether (sulfide) groups is 1. The first-order chi connectivity index (χ1) is 13.9. The van der Waals surface area contributed by atoms with Gasteiger partial charge < -0.3 is 19.4 Å². The van der Waals surface area contributed by atoms with Crippen LogP contribution in [0.5, 0.6) is 0 Å². The summed E-state index contributed by atoms with van der Waals surface area (Å²) in [6.45, 7) is 13.6. The average molecular weight is 440 g/mol. The molecule has 0 aliphatic carbocycles. The third kappa shape index (κ3) is 4.89. The number of hydrogen-bond donors (Lipinski definition) is 0. The lowest BCUT2D eigenvalue weighted by Crippen LogP contribution is -2.54. The van der Waals surface area contributed by atoms with Crippen LogP contribution < -0.4 is 0 Å². The van der Waals surface area contributed by atoms with E-state index in [2.05, 4.69) is 6.92 Å². The van der Waals surface area contributed by atoms with E-state index in [0.717, 1.165) is 25.8 Å². The minimum absolute atomic E-state index is 0.0279. The highest BCUT2D eigenvalue weighted by Crippen LogP contribution is 2.47. The summed E-state index contributed by atoms with van der Waals surface area (Å²) >= 11 is 1.73. The number of nitrogens with zero attached hydrogens (tertiary/aromatic N) is 3. The first-order valence-corrected chi connectivity index (χ1v) is 12.1. The van der Waals surface area contributed by atoms with Gasteiger partial charge in [0.2, 0.25) is 11.8 Å². The van der Waals surface area contributed by atoms with Gasteiger partial charge in [0.15, 0.2) is 0 Å². The van der Waals surface area contributed by atoms with E-state index in [0.29, 0.717) is 25.3 Å². The molecule has 0 spiro atoms. The Morgan fingerprint density at radius 3 is 2.67 bits per heavy atom. The largest absolute Gasteiger partial charge is 0.444 e. The third-order valence-electron chi connectivity index (χ3n) is 6.27. The number of carbonyl (C=O) groups is 3. The molecule has 0 N–H and O–H groups in total. The van der Waals surface area contributed by atoms with Crippen molar-refractivity contribution in [1.29, 1.82) is 0 Å². The van der Waals surface area contributed by atoms with Gasteiger partial charge in [0.05, 0.1) is 4.87 Å². The first-order valence-electron chi connectivity index (χ1n) is 11.2. The molecule has 170 valence electrons. The van der Waals surface area contributed by atoms with E-state index in [1.54, 1.807) is 16.7 Å². The van der Waals surface area contributed by atoms with Gasteiger partial charge in [-0.1, -0.05) is 0 Å². The monoisotopic (exact) mass is 439 g/mol. The van der Waals surface area contributed by atoms with Crippen LogP contribution in [0.1, 0.15) is 67.2 Å². The normalized spacial score (nSPS) is 29.4. The zero-order valence-corrected chi connectivity index (χ0v) is 20.1. The van der Waals surface area contributed by atoms with E-state index in [9.17, 15) is 14.4 Å². The van der Waals surface area contributed by atoms with Crippen molar-refractivity contribution in [2.45, 2.75) is 89.8 Å². The molecule has 0 aromatic rings. The summed E-state index contributed by atoms with van der Waals surface area (Å²) in [4.78, 5) is 43.7. The summed E-state index contributed by atoms with van der Waals surface area (Å²) < 4.78 is 5.59. The van der Waals surface area contributed by atoms with Crippen molar-refractivity contribution in [3.8, 4) is 0 Å². The van der Waals surface area contributed by atoms with Crippen molar-refractivity contribution in [2.75, 3.05) is 25.4 Å². The smallest absolute Gasteiger partial charge is 0.410 e. The molecule has 3 atom stereocenters. The molecular formula is C22H37N3O4S. The summed E-state index contributed by atoms with van der Waals surface area (Å²) in [6, 6.07) is -0.319. The lowest BCUT2D eigenvalue weighted by atomic mass is 9.96. The van der Waals surface area contributed by atoms with Gasteiger partial charge in [0.1, 0.15) is 11.6 Å². The maximum absolute atomic E-state index is 13.3. The topological polar surface area (TPSA) is 70.2 Å². The Labute approximate surface area is 184 Å². The molecule has 0 bridgehead atoms. The Morgan fingerprint density at radius 1 is 1.33 bits per heavy atom. The summed E-state index contributed by atoms with van der Waals surface area (Å²) in [6.07, 6.45) is 2.96. The van der Waals surface area contributed by atoms with Crippen LogP contribution in [0.2, 0.25) is 0 Å². The van der Waals surface area contributed by atoms with Crippen molar-refractivity contribution in [3.63, 3.8) is 0 Å². The van der Waals surface area contributed by atoms with Crippen molar-refractivity contribution in [1.82, 2.24) is 14.7 Å². The molecule has 0 aromatic carbocycles. The summed E-state index contributed by atoms with van der Waals surface area (Å²) in [7, 11) is 0. The number of carbonyl (C=O) groups excluding carboxylic acids is 3. The van der Waals surface area contributed by atoms with Crippen LogP contribution >= 0.6 is 11.8 Å². The molecule has 7 nitrogen and oxygen atoms in total. The van der Waals surface area contributed by atoms with Gasteiger partial charge in [-0.05, 0) is 66.7 Å². The number of likely N-dealkylation sites (tertiary alicyclic amines) is 1. The molecule has 30 heavy (non-hydrogen) atoms. The second-order valence-corrected chi connectivity index (χ2v) is 11.8. The Morgan fingerprint density at radius 2 is 2.03 bits per heavy atom. The van der Waals surface area contributed by atoms with E-state index in [4.69, 9.17) is 4.74 Å². The highest BCUT2D eigenvalue weighted by molar-refractivity contribution is 8.01. The quantitative estimate of drug-likeness (QED) is 0.672. The van der Waals surface area contributed by atoms with Crippen LogP contribution in [0, 0.1) is 5.92 Å². The predicted molar refractivity (Wildman–Crippen MR) is 118 cm³/mol. The molecule has 3 aliphatic rings. The van der Waals surface area contributed by atoms with Gasteiger partial charge in [-0.3, -0.25) is 9.59 Å². The minimum atomic E-state index is -0.534. The van der Waals surface area contributed by atoms with Crippen LogP contribution in [0.3, 0.4) is 0 Å². The summed E-state index contributed by atoms with van der Waals surface area (Å²) in [5.74, 6) is 1.07. The lowest BCUT2D eigenvalue weighted by molar-refractivity contribution is -0.145. The molecule has 3 rings (SSSR count). The SMILES string of the molecule is CC(C)N(CC1CCCN(C(=O)C2CSC3(C)CCC(=O)N23)C1)C(=O)OC(C)(C)C. The Balaban J connectivity index is 1.64. The number of ether oxygens (including phenoxy) is 1. The van der Waals surface area contributed by atoms with Gasteiger partial charge in [0.25, 0.3) is 0 Å². The maximum Gasteiger partial charge on any atom is 0.410 e. The van der Waals surface area contributed by atoms with Crippen LogP contribution in [-0.4, -0.2) is 80.6 Å². The fraction of sp³-hybridized carbons (Fsp3) is 0.864. The average Bonchev–Trinajstić information content (AvgIpc) is 3.13. The summed E-state index contributed by atoms with van der Waals surface area (Å²) in [5.41, 5.74) is -0.534. The molecule has 0 saturated carbocycles. The van der Waals surface area contributed by atoms with Crippen molar-refractivity contribution in [3.05, 3.63) is 0 Å². The first kappa shape index (κ1) is 23.2. The number of rotatable bonds is 4. The van der Waals surface area contributed by atoms with E-state index in [-0.39, 0.29) is 40.8 Å². The van der Waals surface area contributed by atoms with Crippen LogP contribution in [0.4, 0.5) is 4.79 Å². The molecule has 0 radical (unpaired) electrons. The lowest BCUT2D eigenvalue weighted by Gasteiger charge is -2.39. The predicted octanol–water partition coefficient (Wildman–Crippen LogP) is 3.32. The van der Waals surface area contributed by atoms with Crippen molar-refractivity contribution in [2.24, 2.45) is 5.92 Å². The van der Waals surface area contributed by atoms with E-state index in [1.807, 2.05) is 44.4 Å². The molecule has 3 amide bonds. The fourth-order valence-corrected chi connectivity index (χ4v) is 6.15. The van der Waals surface area contributed by atoms with E-state index >= 15 is 0 Å².